The number of carbonyl (C=O) groups excluding carboxylic acids is 1. The summed E-state index contributed by atoms with van der Waals surface area (Å²) in [5.41, 5.74) is 1.84. The van der Waals surface area contributed by atoms with Crippen LogP contribution in [0.1, 0.15) is 50.5 Å². The Labute approximate surface area is 182 Å². The molecule has 158 valence electrons. The number of hydrogen-bond donors (Lipinski definition) is 1. The number of pyridine rings is 1. The third kappa shape index (κ3) is 3.76. The molecule has 3 fully saturated rings. The number of urea groups is 1. The Bertz CT molecular complexity index is 884. The minimum Gasteiger partial charge on any atom is -0.299 e. The Balaban J connectivity index is 1.43. The van der Waals surface area contributed by atoms with Gasteiger partial charge in [0.2, 0.25) is 0 Å². The van der Waals surface area contributed by atoms with Crippen LogP contribution in [0.5, 0.6) is 0 Å². The van der Waals surface area contributed by atoms with Crippen LogP contribution in [0.15, 0.2) is 46.3 Å². The highest BCUT2D eigenvalue weighted by atomic mass is 32.1. The Morgan fingerprint density at radius 1 is 1.20 bits per heavy atom. The summed E-state index contributed by atoms with van der Waals surface area (Å²) in [5, 5.41) is 7.53. The molecule has 6 nitrogen and oxygen atoms in total. The highest BCUT2D eigenvalue weighted by Crippen LogP contribution is 2.38. The number of hydrogen-bond acceptors (Lipinski definition) is 5. The van der Waals surface area contributed by atoms with Gasteiger partial charge in [-0.2, -0.15) is 11.3 Å². The summed E-state index contributed by atoms with van der Waals surface area (Å²) >= 11 is 1.75. The van der Waals surface area contributed by atoms with Crippen LogP contribution in [-0.2, 0) is 6.54 Å². The first-order valence-electron chi connectivity index (χ1n) is 11.1. The van der Waals surface area contributed by atoms with Crippen LogP contribution < -0.4 is 10.2 Å². The highest BCUT2D eigenvalue weighted by molar-refractivity contribution is 7.07. The van der Waals surface area contributed by atoms with Crippen LogP contribution in [0.25, 0.3) is 0 Å². The van der Waals surface area contributed by atoms with Gasteiger partial charge in [0.05, 0.1) is 17.9 Å². The number of nitrogens with one attached hydrogen (secondary N) is 1. The largest absolute Gasteiger partial charge is 0.328 e. The van der Waals surface area contributed by atoms with Crippen molar-refractivity contribution in [3.8, 4) is 0 Å². The second kappa shape index (κ2) is 8.47. The van der Waals surface area contributed by atoms with Crippen molar-refractivity contribution in [3.63, 3.8) is 0 Å². The first-order valence-corrected chi connectivity index (χ1v) is 12.0. The van der Waals surface area contributed by atoms with Gasteiger partial charge in [-0.05, 0) is 60.2 Å². The van der Waals surface area contributed by atoms with Gasteiger partial charge in [0, 0.05) is 25.8 Å². The SMILES string of the molecule is O=C1NC(=NC2CCCCC2)C2(CCN(Cc3ccsc3)CC2)N1c1cccnc1. The summed E-state index contributed by atoms with van der Waals surface area (Å²) in [4.78, 5) is 27.0. The number of nitrogens with zero attached hydrogens (tertiary/aromatic N) is 4. The van der Waals surface area contributed by atoms with Crippen molar-refractivity contribution >= 4 is 28.9 Å². The van der Waals surface area contributed by atoms with E-state index < -0.39 is 0 Å². The van der Waals surface area contributed by atoms with E-state index >= 15 is 0 Å². The minimum atomic E-state index is -0.386. The number of aliphatic imine (C=N–C) groups is 1. The fraction of sp³-hybridized carbons (Fsp3) is 0.522. The third-order valence-corrected chi connectivity index (χ3v) is 7.49. The van der Waals surface area contributed by atoms with Crippen molar-refractivity contribution in [2.75, 3.05) is 18.0 Å². The van der Waals surface area contributed by atoms with E-state index in [0.29, 0.717) is 6.04 Å². The third-order valence-electron chi connectivity index (χ3n) is 6.76. The lowest BCUT2D eigenvalue weighted by molar-refractivity contribution is 0.184. The molecule has 5 rings (SSSR count). The predicted molar refractivity (Wildman–Crippen MR) is 121 cm³/mol. The Kier molecular flexibility index (Phi) is 5.56. The van der Waals surface area contributed by atoms with E-state index in [1.54, 1.807) is 23.7 Å². The lowest BCUT2D eigenvalue weighted by atomic mass is 9.84. The molecule has 2 aromatic heterocycles. The van der Waals surface area contributed by atoms with Gasteiger partial charge in [0.15, 0.2) is 0 Å². The Hall–Kier alpha value is -2.25. The number of thiophene rings is 1. The summed E-state index contributed by atoms with van der Waals surface area (Å²) in [6, 6.07) is 6.36. The molecule has 2 amide bonds. The highest BCUT2D eigenvalue weighted by Gasteiger charge is 2.53. The van der Waals surface area contributed by atoms with Crippen molar-refractivity contribution in [3.05, 3.63) is 46.9 Å². The van der Waals surface area contributed by atoms with Gasteiger partial charge in [-0.15, -0.1) is 0 Å². The number of likely N-dealkylation sites (tertiary alicyclic amines) is 1. The second-order valence-electron chi connectivity index (χ2n) is 8.69. The van der Waals surface area contributed by atoms with Gasteiger partial charge in [0.1, 0.15) is 11.4 Å². The molecule has 2 aromatic rings. The molecule has 4 heterocycles. The second-order valence-corrected chi connectivity index (χ2v) is 9.47. The molecule has 0 atom stereocenters. The van der Waals surface area contributed by atoms with E-state index in [1.807, 2.05) is 17.0 Å². The summed E-state index contributed by atoms with van der Waals surface area (Å²) in [6.07, 6.45) is 11.4. The first kappa shape index (κ1) is 19.7. The zero-order chi connectivity index (χ0) is 20.4. The lowest BCUT2D eigenvalue weighted by Gasteiger charge is -2.43. The molecule has 2 saturated heterocycles. The van der Waals surface area contributed by atoms with Gasteiger partial charge >= 0.3 is 6.03 Å². The number of piperidine rings is 1. The van der Waals surface area contributed by atoms with E-state index in [9.17, 15) is 4.79 Å². The molecule has 1 N–H and O–H groups in total. The maximum atomic E-state index is 13.1. The molecule has 2 aliphatic heterocycles. The molecular formula is C23H29N5OS. The number of rotatable bonds is 4. The van der Waals surface area contributed by atoms with Gasteiger partial charge in [-0.25, -0.2) is 4.79 Å². The molecule has 0 bridgehead atoms. The van der Waals surface area contributed by atoms with Crippen LogP contribution in [0.3, 0.4) is 0 Å². The summed E-state index contributed by atoms with van der Waals surface area (Å²) < 4.78 is 0. The van der Waals surface area contributed by atoms with E-state index in [-0.39, 0.29) is 11.6 Å². The summed E-state index contributed by atoms with van der Waals surface area (Å²) in [7, 11) is 0. The number of anilines is 1. The van der Waals surface area contributed by atoms with Gasteiger partial charge in [0.25, 0.3) is 0 Å². The monoisotopic (exact) mass is 423 g/mol. The zero-order valence-electron chi connectivity index (χ0n) is 17.3. The zero-order valence-corrected chi connectivity index (χ0v) is 18.1. The van der Waals surface area contributed by atoms with E-state index in [4.69, 9.17) is 4.99 Å². The Morgan fingerprint density at radius 2 is 2.03 bits per heavy atom. The molecule has 0 radical (unpaired) electrons. The van der Waals surface area contributed by atoms with Crippen LogP contribution >= 0.6 is 11.3 Å². The predicted octanol–water partition coefficient (Wildman–Crippen LogP) is 4.44. The smallest absolute Gasteiger partial charge is 0.299 e. The van der Waals surface area contributed by atoms with E-state index in [0.717, 1.165) is 56.8 Å². The normalized spacial score (nSPS) is 23.9. The molecule has 0 aromatic carbocycles. The molecular weight excluding hydrogens is 394 g/mol. The number of carbonyl (C=O) groups is 1. The quantitative estimate of drug-likeness (QED) is 0.791. The van der Waals surface area contributed by atoms with E-state index in [2.05, 4.69) is 32.0 Å². The summed E-state index contributed by atoms with van der Waals surface area (Å²) in [6.45, 7) is 2.87. The van der Waals surface area contributed by atoms with Crippen molar-refractivity contribution in [1.29, 1.82) is 0 Å². The summed E-state index contributed by atoms with van der Waals surface area (Å²) in [5.74, 6) is 0.887. The van der Waals surface area contributed by atoms with Gasteiger partial charge in [-0.1, -0.05) is 19.3 Å². The molecule has 1 spiro atoms. The average molecular weight is 424 g/mol. The number of amidine groups is 1. The molecule has 3 aliphatic rings. The van der Waals surface area contributed by atoms with E-state index in [1.165, 1.54) is 24.8 Å². The van der Waals surface area contributed by atoms with Crippen LogP contribution in [0.2, 0.25) is 0 Å². The van der Waals surface area contributed by atoms with Gasteiger partial charge < -0.3 is 0 Å². The lowest BCUT2D eigenvalue weighted by Crippen LogP contribution is -2.57. The maximum absolute atomic E-state index is 13.1. The fourth-order valence-corrected chi connectivity index (χ4v) is 5.81. The number of amides is 2. The van der Waals surface area contributed by atoms with Crippen molar-refractivity contribution in [2.24, 2.45) is 4.99 Å². The molecule has 0 unspecified atom stereocenters. The standard InChI is InChI=1S/C23H29N5OS/c29-22-26-21(25-19-5-2-1-3-6-19)23(28(22)20-7-4-11-24-15-20)9-12-27(13-10-23)16-18-8-14-30-17-18/h4,7-8,11,14-15,17,19H,1-3,5-6,9-10,12-13,16H2,(H,25,26,29). The molecule has 30 heavy (non-hydrogen) atoms. The molecule has 1 aliphatic carbocycles. The fourth-order valence-electron chi connectivity index (χ4n) is 5.15. The van der Waals surface area contributed by atoms with Crippen molar-refractivity contribution in [2.45, 2.75) is 63.1 Å². The molecule has 7 heteroatoms. The first-order chi connectivity index (χ1) is 14.7. The Morgan fingerprint density at radius 3 is 2.73 bits per heavy atom. The maximum Gasteiger partial charge on any atom is 0.328 e. The van der Waals surface area contributed by atoms with Crippen LogP contribution in [0.4, 0.5) is 10.5 Å². The minimum absolute atomic E-state index is 0.0659. The van der Waals surface area contributed by atoms with Crippen molar-refractivity contribution in [1.82, 2.24) is 15.2 Å². The molecule has 1 saturated carbocycles. The average Bonchev–Trinajstić information content (AvgIpc) is 3.38. The van der Waals surface area contributed by atoms with Crippen molar-refractivity contribution < 1.29 is 4.79 Å². The van der Waals surface area contributed by atoms with Crippen LogP contribution in [0, 0.1) is 0 Å². The van der Waals surface area contributed by atoms with Crippen LogP contribution in [-0.4, -0.2) is 46.4 Å². The van der Waals surface area contributed by atoms with Gasteiger partial charge in [-0.3, -0.25) is 25.1 Å². The topological polar surface area (TPSA) is 60.8 Å². The number of aromatic nitrogens is 1.